The van der Waals surface area contributed by atoms with Gasteiger partial charge in [0.15, 0.2) is 0 Å². The molecule has 0 aliphatic carbocycles. The van der Waals surface area contributed by atoms with Gasteiger partial charge in [-0.2, -0.15) is 0 Å². The van der Waals surface area contributed by atoms with Crippen LogP contribution in [-0.2, 0) is 14.3 Å². The van der Waals surface area contributed by atoms with Gasteiger partial charge in [0.1, 0.15) is 0 Å². The first kappa shape index (κ1) is 13.9. The van der Waals surface area contributed by atoms with Gasteiger partial charge in [0.25, 0.3) is 0 Å². The summed E-state index contributed by atoms with van der Waals surface area (Å²) in [5, 5.41) is 2.63. The SMILES string of the molecule is COC(=O)CCNC(=O)CCC(C)(C)N. The van der Waals surface area contributed by atoms with Gasteiger partial charge in [0.05, 0.1) is 13.5 Å². The normalized spacial score (nSPS) is 10.9. The molecular formula is C10H20N2O3. The monoisotopic (exact) mass is 216 g/mol. The first-order valence-electron chi connectivity index (χ1n) is 4.97. The van der Waals surface area contributed by atoms with E-state index in [1.165, 1.54) is 7.11 Å². The lowest BCUT2D eigenvalue weighted by molar-refractivity contribution is -0.140. The van der Waals surface area contributed by atoms with E-state index in [0.717, 1.165) is 0 Å². The summed E-state index contributed by atoms with van der Waals surface area (Å²) < 4.78 is 4.44. The minimum atomic E-state index is -0.334. The molecule has 88 valence electrons. The molecule has 0 aromatic heterocycles. The lowest BCUT2D eigenvalue weighted by Crippen LogP contribution is -2.34. The molecule has 0 radical (unpaired) electrons. The van der Waals surface area contributed by atoms with Crippen molar-refractivity contribution in [3.05, 3.63) is 0 Å². The number of hydrogen-bond acceptors (Lipinski definition) is 4. The maximum Gasteiger partial charge on any atom is 0.307 e. The van der Waals surface area contributed by atoms with Crippen molar-refractivity contribution in [2.75, 3.05) is 13.7 Å². The Morgan fingerprint density at radius 2 is 1.93 bits per heavy atom. The summed E-state index contributed by atoms with van der Waals surface area (Å²) in [5.74, 6) is -0.410. The van der Waals surface area contributed by atoms with Gasteiger partial charge in [-0.15, -0.1) is 0 Å². The fourth-order valence-corrected chi connectivity index (χ4v) is 0.930. The Morgan fingerprint density at radius 3 is 2.40 bits per heavy atom. The van der Waals surface area contributed by atoms with Crippen LogP contribution in [0.3, 0.4) is 0 Å². The molecule has 0 saturated carbocycles. The molecule has 15 heavy (non-hydrogen) atoms. The van der Waals surface area contributed by atoms with E-state index in [-0.39, 0.29) is 23.8 Å². The van der Waals surface area contributed by atoms with Gasteiger partial charge in [0, 0.05) is 18.5 Å². The highest BCUT2D eigenvalue weighted by Gasteiger charge is 2.13. The summed E-state index contributed by atoms with van der Waals surface area (Å²) in [6.45, 7) is 4.06. The third kappa shape index (κ3) is 9.21. The Morgan fingerprint density at radius 1 is 1.33 bits per heavy atom. The van der Waals surface area contributed by atoms with Crippen molar-refractivity contribution >= 4 is 11.9 Å². The fourth-order valence-electron chi connectivity index (χ4n) is 0.930. The number of hydrogen-bond donors (Lipinski definition) is 2. The molecule has 0 rings (SSSR count). The molecule has 0 aromatic carbocycles. The van der Waals surface area contributed by atoms with Crippen molar-refractivity contribution in [3.63, 3.8) is 0 Å². The zero-order valence-electron chi connectivity index (χ0n) is 9.63. The Bertz CT molecular complexity index is 221. The van der Waals surface area contributed by atoms with E-state index in [1.54, 1.807) is 0 Å². The Labute approximate surface area is 90.4 Å². The number of esters is 1. The van der Waals surface area contributed by atoms with Gasteiger partial charge < -0.3 is 15.8 Å². The van der Waals surface area contributed by atoms with E-state index in [4.69, 9.17) is 5.73 Å². The minimum Gasteiger partial charge on any atom is -0.469 e. The molecule has 3 N–H and O–H groups in total. The highest BCUT2D eigenvalue weighted by molar-refractivity contribution is 5.77. The lowest BCUT2D eigenvalue weighted by atomic mass is 10.00. The summed E-state index contributed by atoms with van der Waals surface area (Å²) in [6, 6.07) is 0. The lowest BCUT2D eigenvalue weighted by Gasteiger charge is -2.17. The van der Waals surface area contributed by atoms with Gasteiger partial charge in [-0.3, -0.25) is 9.59 Å². The van der Waals surface area contributed by atoms with E-state index in [0.29, 0.717) is 19.4 Å². The molecule has 0 aliphatic rings. The van der Waals surface area contributed by atoms with Crippen molar-refractivity contribution in [3.8, 4) is 0 Å². The summed E-state index contributed by atoms with van der Waals surface area (Å²) in [6.07, 6.45) is 1.20. The summed E-state index contributed by atoms with van der Waals surface area (Å²) in [4.78, 5) is 22.0. The third-order valence-electron chi connectivity index (χ3n) is 1.88. The molecule has 0 atom stereocenters. The molecule has 5 nitrogen and oxygen atoms in total. The number of carbonyl (C=O) groups is 2. The number of amides is 1. The van der Waals surface area contributed by atoms with Crippen LogP contribution in [0.2, 0.25) is 0 Å². The second-order valence-corrected chi connectivity index (χ2v) is 4.16. The fraction of sp³-hybridized carbons (Fsp3) is 0.800. The summed E-state index contributed by atoms with van der Waals surface area (Å²) in [5.41, 5.74) is 5.39. The summed E-state index contributed by atoms with van der Waals surface area (Å²) in [7, 11) is 1.32. The van der Waals surface area contributed by atoms with Crippen molar-refractivity contribution in [2.45, 2.75) is 38.6 Å². The highest BCUT2D eigenvalue weighted by atomic mass is 16.5. The van der Waals surface area contributed by atoms with Gasteiger partial charge >= 0.3 is 5.97 Å². The number of carbonyl (C=O) groups excluding carboxylic acids is 2. The average molecular weight is 216 g/mol. The first-order chi connectivity index (χ1) is 6.85. The molecule has 0 bridgehead atoms. The minimum absolute atomic E-state index is 0.0857. The smallest absolute Gasteiger partial charge is 0.307 e. The molecule has 0 aromatic rings. The second-order valence-electron chi connectivity index (χ2n) is 4.16. The molecule has 0 heterocycles. The van der Waals surface area contributed by atoms with Crippen LogP contribution in [0.25, 0.3) is 0 Å². The quantitative estimate of drug-likeness (QED) is 0.621. The zero-order valence-corrected chi connectivity index (χ0v) is 9.63. The van der Waals surface area contributed by atoms with E-state index in [9.17, 15) is 9.59 Å². The van der Waals surface area contributed by atoms with E-state index in [2.05, 4.69) is 10.1 Å². The van der Waals surface area contributed by atoms with E-state index < -0.39 is 0 Å². The molecule has 0 aliphatic heterocycles. The Hall–Kier alpha value is -1.10. The molecule has 0 fully saturated rings. The van der Waals surface area contributed by atoms with Crippen LogP contribution < -0.4 is 11.1 Å². The van der Waals surface area contributed by atoms with Gasteiger partial charge in [-0.25, -0.2) is 0 Å². The summed E-state index contributed by atoms with van der Waals surface area (Å²) >= 11 is 0. The van der Waals surface area contributed by atoms with Gasteiger partial charge in [-0.1, -0.05) is 0 Å². The van der Waals surface area contributed by atoms with Crippen molar-refractivity contribution in [1.82, 2.24) is 5.32 Å². The number of rotatable bonds is 6. The van der Waals surface area contributed by atoms with Crippen LogP contribution in [0.15, 0.2) is 0 Å². The highest BCUT2D eigenvalue weighted by Crippen LogP contribution is 2.06. The van der Waals surface area contributed by atoms with Crippen LogP contribution in [0, 0.1) is 0 Å². The van der Waals surface area contributed by atoms with Crippen LogP contribution in [0.1, 0.15) is 33.1 Å². The predicted octanol–water partition coefficient (Wildman–Crippen LogP) is 0.183. The molecular weight excluding hydrogens is 196 g/mol. The maximum atomic E-state index is 11.2. The van der Waals surface area contributed by atoms with Crippen molar-refractivity contribution < 1.29 is 14.3 Å². The first-order valence-corrected chi connectivity index (χ1v) is 4.97. The number of methoxy groups -OCH3 is 1. The number of nitrogens with two attached hydrogens (primary N) is 1. The molecule has 0 unspecified atom stereocenters. The van der Waals surface area contributed by atoms with E-state index in [1.807, 2.05) is 13.8 Å². The standard InChI is InChI=1S/C10H20N2O3/c1-10(2,11)6-4-8(13)12-7-5-9(14)15-3/h4-7,11H2,1-3H3,(H,12,13). The second kappa shape index (κ2) is 6.40. The van der Waals surface area contributed by atoms with Crippen molar-refractivity contribution in [1.29, 1.82) is 0 Å². The molecule has 5 heteroatoms. The van der Waals surface area contributed by atoms with Crippen molar-refractivity contribution in [2.24, 2.45) is 5.73 Å². The van der Waals surface area contributed by atoms with Gasteiger partial charge in [0.2, 0.25) is 5.91 Å². The van der Waals surface area contributed by atoms with Gasteiger partial charge in [-0.05, 0) is 20.3 Å². The third-order valence-corrected chi connectivity index (χ3v) is 1.88. The zero-order chi connectivity index (χ0) is 11.9. The van der Waals surface area contributed by atoms with Crippen LogP contribution in [0.5, 0.6) is 0 Å². The number of nitrogens with one attached hydrogen (secondary N) is 1. The predicted molar refractivity (Wildman–Crippen MR) is 57.1 cm³/mol. The van der Waals surface area contributed by atoms with Crippen LogP contribution in [0.4, 0.5) is 0 Å². The maximum absolute atomic E-state index is 11.2. The average Bonchev–Trinajstić information content (AvgIpc) is 2.13. The van der Waals surface area contributed by atoms with Crippen LogP contribution >= 0.6 is 0 Å². The Balaban J connectivity index is 3.54. The Kier molecular flexibility index (Phi) is 5.93. The molecule has 0 saturated heterocycles. The number of ether oxygens (including phenoxy) is 1. The van der Waals surface area contributed by atoms with E-state index >= 15 is 0 Å². The molecule has 0 spiro atoms. The largest absolute Gasteiger partial charge is 0.469 e. The topological polar surface area (TPSA) is 81.4 Å². The molecule has 1 amide bonds. The van der Waals surface area contributed by atoms with Crippen LogP contribution in [-0.4, -0.2) is 31.1 Å².